The fraction of sp³-hybridized carbons (Fsp3) is 0.154. The molecule has 2 N–H and O–H groups in total. The molecule has 0 unspecified atom stereocenters. The topological polar surface area (TPSA) is 92.7 Å². The summed E-state index contributed by atoms with van der Waals surface area (Å²) in [5, 5.41) is 10.7. The molecule has 98 valence electrons. The van der Waals surface area contributed by atoms with Gasteiger partial charge in [0, 0.05) is 11.5 Å². The third-order valence-corrected chi connectivity index (χ3v) is 2.06. The van der Waals surface area contributed by atoms with Gasteiger partial charge in [0.25, 0.3) is 5.91 Å². The van der Waals surface area contributed by atoms with Gasteiger partial charge in [-0.15, -0.1) is 0 Å². The van der Waals surface area contributed by atoms with E-state index in [-0.39, 0.29) is 5.56 Å². The number of carbonyl (C=O) groups excluding carboxylic acids is 2. The summed E-state index contributed by atoms with van der Waals surface area (Å²) in [6.07, 6.45) is 0. The Morgan fingerprint density at radius 3 is 2.63 bits per heavy atom. The maximum absolute atomic E-state index is 11.7. The van der Waals surface area contributed by atoms with E-state index in [2.05, 4.69) is 21.9 Å². The van der Waals surface area contributed by atoms with E-state index in [4.69, 9.17) is 5.11 Å². The van der Waals surface area contributed by atoms with Gasteiger partial charge in [0.15, 0.2) is 0 Å². The Hall–Kier alpha value is -2.81. The number of nitrogens with one attached hydrogen (secondary N) is 1. The smallest absolute Gasteiger partial charge is 0.384 e. The fourth-order valence-corrected chi connectivity index (χ4v) is 1.21. The van der Waals surface area contributed by atoms with E-state index in [9.17, 15) is 14.4 Å². The van der Waals surface area contributed by atoms with E-state index in [0.717, 1.165) is 0 Å². The van der Waals surface area contributed by atoms with Gasteiger partial charge in [-0.05, 0) is 12.1 Å². The third kappa shape index (κ3) is 4.52. The second-order valence-corrected chi connectivity index (χ2v) is 3.36. The summed E-state index contributed by atoms with van der Waals surface area (Å²) in [6, 6.07) is 6.29. The largest absolute Gasteiger partial charge is 0.480 e. The lowest BCUT2D eigenvalue weighted by Crippen LogP contribution is -2.29. The Labute approximate surface area is 109 Å². The minimum Gasteiger partial charge on any atom is -0.480 e. The van der Waals surface area contributed by atoms with Crippen molar-refractivity contribution in [2.45, 2.75) is 0 Å². The zero-order valence-corrected chi connectivity index (χ0v) is 10.1. The third-order valence-electron chi connectivity index (χ3n) is 2.06. The van der Waals surface area contributed by atoms with Crippen molar-refractivity contribution >= 4 is 17.8 Å². The average molecular weight is 261 g/mol. The van der Waals surface area contributed by atoms with E-state index in [0.29, 0.717) is 5.56 Å². The van der Waals surface area contributed by atoms with Crippen LogP contribution in [0.15, 0.2) is 24.3 Å². The number of ether oxygens (including phenoxy) is 1. The minimum absolute atomic E-state index is 0.195. The van der Waals surface area contributed by atoms with E-state index in [1.54, 1.807) is 18.2 Å². The van der Waals surface area contributed by atoms with Crippen LogP contribution in [0.1, 0.15) is 15.9 Å². The monoisotopic (exact) mass is 261 g/mol. The Kier molecular flexibility index (Phi) is 5.11. The van der Waals surface area contributed by atoms with Crippen molar-refractivity contribution < 1.29 is 24.2 Å². The van der Waals surface area contributed by atoms with Crippen LogP contribution >= 0.6 is 0 Å². The van der Waals surface area contributed by atoms with Crippen LogP contribution < -0.4 is 5.32 Å². The van der Waals surface area contributed by atoms with Crippen LogP contribution in [0, 0.1) is 11.8 Å². The van der Waals surface area contributed by atoms with Crippen LogP contribution in [-0.4, -0.2) is 36.6 Å². The van der Waals surface area contributed by atoms with Gasteiger partial charge in [0.1, 0.15) is 6.54 Å². The quantitative estimate of drug-likeness (QED) is 0.591. The Bertz CT molecular complexity index is 568. The standard InChI is InChI=1S/C13H11NO5/c1-19-12(17)7-6-9-4-2-3-5-10(9)13(18)14-8-11(15)16/h2-5H,8H2,1H3,(H,14,18)(H,15,16). The lowest BCUT2D eigenvalue weighted by molar-refractivity contribution is -0.136. The predicted octanol–water partition coefficient (Wildman–Crippen LogP) is 0.0255. The molecule has 19 heavy (non-hydrogen) atoms. The molecule has 0 aliphatic rings. The van der Waals surface area contributed by atoms with Gasteiger partial charge < -0.3 is 15.2 Å². The molecule has 0 heterocycles. The highest BCUT2D eigenvalue weighted by Crippen LogP contribution is 2.07. The molecule has 0 spiro atoms. The maximum Gasteiger partial charge on any atom is 0.384 e. The lowest BCUT2D eigenvalue weighted by Gasteiger charge is -2.04. The molecule has 0 radical (unpaired) electrons. The van der Waals surface area contributed by atoms with Crippen molar-refractivity contribution in [2.75, 3.05) is 13.7 Å². The molecule has 0 saturated carbocycles. The molecule has 0 aliphatic carbocycles. The summed E-state index contributed by atoms with van der Waals surface area (Å²) in [6.45, 7) is -0.488. The summed E-state index contributed by atoms with van der Waals surface area (Å²) in [4.78, 5) is 33.0. The van der Waals surface area contributed by atoms with Crippen molar-refractivity contribution in [1.82, 2.24) is 5.32 Å². The number of hydrogen-bond donors (Lipinski definition) is 2. The lowest BCUT2D eigenvalue weighted by atomic mass is 10.1. The first-order valence-electron chi connectivity index (χ1n) is 5.23. The summed E-state index contributed by atoms with van der Waals surface area (Å²) in [5.74, 6) is 2.26. The summed E-state index contributed by atoms with van der Waals surface area (Å²) in [7, 11) is 1.20. The molecular formula is C13H11NO5. The number of methoxy groups -OCH3 is 1. The van der Waals surface area contributed by atoms with Crippen LogP contribution in [-0.2, 0) is 14.3 Å². The van der Waals surface area contributed by atoms with Crippen LogP contribution in [0.5, 0.6) is 0 Å². The number of hydrogen-bond acceptors (Lipinski definition) is 4. The summed E-state index contributed by atoms with van der Waals surface area (Å²) in [5.41, 5.74) is 0.510. The molecule has 0 saturated heterocycles. The fourth-order valence-electron chi connectivity index (χ4n) is 1.21. The summed E-state index contributed by atoms with van der Waals surface area (Å²) < 4.78 is 4.36. The predicted molar refractivity (Wildman–Crippen MR) is 65.3 cm³/mol. The molecule has 0 atom stereocenters. The molecular weight excluding hydrogens is 250 g/mol. The number of carboxylic acids is 1. The minimum atomic E-state index is -1.15. The van der Waals surface area contributed by atoms with Gasteiger partial charge in [0.05, 0.1) is 12.7 Å². The number of amides is 1. The van der Waals surface area contributed by atoms with Crippen molar-refractivity contribution in [1.29, 1.82) is 0 Å². The number of benzene rings is 1. The number of aliphatic carboxylic acids is 1. The highest BCUT2D eigenvalue weighted by molar-refractivity contribution is 5.98. The van der Waals surface area contributed by atoms with Crippen LogP contribution in [0.2, 0.25) is 0 Å². The van der Waals surface area contributed by atoms with Gasteiger partial charge in [-0.25, -0.2) is 4.79 Å². The number of carboxylic acid groups (broad SMARTS) is 1. The number of carbonyl (C=O) groups is 3. The Morgan fingerprint density at radius 2 is 2.00 bits per heavy atom. The van der Waals surface area contributed by atoms with Crippen molar-refractivity contribution in [3.63, 3.8) is 0 Å². The van der Waals surface area contributed by atoms with E-state index >= 15 is 0 Å². The molecule has 6 heteroatoms. The van der Waals surface area contributed by atoms with E-state index < -0.39 is 24.4 Å². The maximum atomic E-state index is 11.7. The van der Waals surface area contributed by atoms with E-state index in [1.807, 2.05) is 0 Å². The zero-order valence-electron chi connectivity index (χ0n) is 10.1. The first-order chi connectivity index (χ1) is 9.04. The second-order valence-electron chi connectivity index (χ2n) is 3.36. The molecule has 1 aromatic rings. The number of rotatable bonds is 3. The SMILES string of the molecule is COC(=O)C#Cc1ccccc1C(=O)NCC(=O)O. The normalized spacial score (nSPS) is 8.89. The molecule has 1 rings (SSSR count). The molecule has 1 amide bonds. The Balaban J connectivity index is 2.94. The van der Waals surface area contributed by atoms with Gasteiger partial charge in [0.2, 0.25) is 0 Å². The molecule has 0 fully saturated rings. The molecule has 0 aliphatic heterocycles. The molecule has 0 aromatic heterocycles. The molecule has 1 aromatic carbocycles. The summed E-state index contributed by atoms with van der Waals surface area (Å²) >= 11 is 0. The van der Waals surface area contributed by atoms with Gasteiger partial charge in [-0.3, -0.25) is 9.59 Å². The van der Waals surface area contributed by atoms with Crippen LogP contribution in [0.25, 0.3) is 0 Å². The van der Waals surface area contributed by atoms with Crippen LogP contribution in [0.4, 0.5) is 0 Å². The van der Waals surface area contributed by atoms with Gasteiger partial charge in [-0.2, -0.15) is 0 Å². The highest BCUT2D eigenvalue weighted by Gasteiger charge is 2.10. The first kappa shape index (κ1) is 14.3. The van der Waals surface area contributed by atoms with Gasteiger partial charge >= 0.3 is 11.9 Å². The van der Waals surface area contributed by atoms with Crippen molar-refractivity contribution in [2.24, 2.45) is 0 Å². The van der Waals surface area contributed by atoms with Crippen molar-refractivity contribution in [3.8, 4) is 11.8 Å². The van der Waals surface area contributed by atoms with Crippen molar-refractivity contribution in [3.05, 3.63) is 35.4 Å². The molecule has 6 nitrogen and oxygen atoms in total. The molecule has 0 bridgehead atoms. The zero-order chi connectivity index (χ0) is 14.3. The van der Waals surface area contributed by atoms with Gasteiger partial charge in [-0.1, -0.05) is 18.1 Å². The highest BCUT2D eigenvalue weighted by atomic mass is 16.5. The number of esters is 1. The van der Waals surface area contributed by atoms with Crippen LogP contribution in [0.3, 0.4) is 0 Å². The second kappa shape index (κ2) is 6.81. The Morgan fingerprint density at radius 1 is 1.32 bits per heavy atom. The van der Waals surface area contributed by atoms with E-state index in [1.165, 1.54) is 13.2 Å². The average Bonchev–Trinajstić information content (AvgIpc) is 2.42. The first-order valence-corrected chi connectivity index (χ1v) is 5.23.